The van der Waals surface area contributed by atoms with Crippen LogP contribution in [-0.2, 0) is 16.1 Å². The Morgan fingerprint density at radius 3 is 2.43 bits per heavy atom. The molecule has 0 radical (unpaired) electrons. The number of amides is 2. The molecule has 3 aliphatic rings. The first-order valence-corrected chi connectivity index (χ1v) is 9.77. The lowest BCUT2D eigenvalue weighted by Crippen LogP contribution is -2.56. The molecule has 5 rings (SSSR count). The van der Waals surface area contributed by atoms with Gasteiger partial charge in [0.1, 0.15) is 5.82 Å². The highest BCUT2D eigenvalue weighted by Gasteiger charge is 2.50. The number of halogens is 1. The third-order valence-electron chi connectivity index (χ3n) is 6.22. The van der Waals surface area contributed by atoms with E-state index in [1.54, 1.807) is 35.2 Å². The Kier molecular flexibility index (Phi) is 4.10. The molecule has 7 heteroatoms. The van der Waals surface area contributed by atoms with E-state index < -0.39 is 11.8 Å². The van der Waals surface area contributed by atoms with E-state index in [1.807, 2.05) is 0 Å². The van der Waals surface area contributed by atoms with Crippen LogP contribution in [0.15, 0.2) is 36.4 Å². The van der Waals surface area contributed by atoms with Gasteiger partial charge in [-0.05, 0) is 55.4 Å². The fraction of sp³-hybridized carbons (Fsp3) is 0.429. The maximum absolute atomic E-state index is 13.9. The van der Waals surface area contributed by atoms with E-state index in [9.17, 15) is 14.0 Å². The van der Waals surface area contributed by atoms with Crippen molar-refractivity contribution >= 4 is 11.8 Å². The topological polar surface area (TPSA) is 66.4 Å². The van der Waals surface area contributed by atoms with Crippen LogP contribution >= 0.6 is 0 Å². The lowest BCUT2D eigenvalue weighted by Gasteiger charge is -2.37. The third-order valence-corrected chi connectivity index (χ3v) is 6.22. The average molecular weight is 380 g/mol. The monoisotopic (exact) mass is 380 g/mol. The second kappa shape index (κ2) is 6.65. The SMILES string of the molecule is O=C1C(=O)N(C2CC3CC3C2)CCN1Cc1ccc(-c2ccccc2F)nn1. The number of aromatic nitrogens is 2. The minimum absolute atomic E-state index is 0.235. The van der Waals surface area contributed by atoms with Gasteiger partial charge >= 0.3 is 11.8 Å². The standard InChI is InChI=1S/C21H21FN4O2/c22-18-4-2-1-3-17(18)19-6-5-15(23-24-19)12-25-7-8-26(21(28)20(25)27)16-10-13-9-14(13)11-16/h1-6,13-14,16H,7-12H2. The van der Waals surface area contributed by atoms with Gasteiger partial charge in [-0.3, -0.25) is 9.59 Å². The minimum Gasteiger partial charge on any atom is -0.330 e. The van der Waals surface area contributed by atoms with E-state index in [1.165, 1.54) is 17.4 Å². The van der Waals surface area contributed by atoms with Crippen LogP contribution in [0.3, 0.4) is 0 Å². The molecule has 2 heterocycles. The minimum atomic E-state index is -0.466. The van der Waals surface area contributed by atoms with Gasteiger partial charge in [0.2, 0.25) is 0 Å². The van der Waals surface area contributed by atoms with Crippen molar-refractivity contribution in [3.8, 4) is 11.3 Å². The fourth-order valence-electron chi connectivity index (χ4n) is 4.58. The van der Waals surface area contributed by atoms with Crippen LogP contribution in [0, 0.1) is 17.7 Å². The van der Waals surface area contributed by atoms with E-state index >= 15 is 0 Å². The molecule has 2 amide bonds. The third kappa shape index (κ3) is 3.04. The van der Waals surface area contributed by atoms with Gasteiger partial charge in [-0.25, -0.2) is 4.39 Å². The molecule has 1 saturated heterocycles. The first kappa shape index (κ1) is 17.3. The molecule has 1 aromatic heterocycles. The van der Waals surface area contributed by atoms with Crippen LogP contribution in [0.5, 0.6) is 0 Å². The number of fused-ring (bicyclic) bond motifs is 1. The molecule has 6 nitrogen and oxygen atoms in total. The molecule has 0 bridgehead atoms. The lowest BCUT2D eigenvalue weighted by molar-refractivity contribution is -0.158. The molecule has 2 saturated carbocycles. The predicted molar refractivity (Wildman–Crippen MR) is 99.2 cm³/mol. The first-order chi connectivity index (χ1) is 13.6. The van der Waals surface area contributed by atoms with Gasteiger partial charge in [0, 0.05) is 24.7 Å². The largest absolute Gasteiger partial charge is 0.330 e. The highest BCUT2D eigenvalue weighted by molar-refractivity contribution is 6.35. The number of nitrogens with zero attached hydrogens (tertiary/aromatic N) is 4. The summed E-state index contributed by atoms with van der Waals surface area (Å²) in [7, 11) is 0. The summed E-state index contributed by atoms with van der Waals surface area (Å²) in [4.78, 5) is 28.4. The Morgan fingerprint density at radius 2 is 1.71 bits per heavy atom. The molecular weight excluding hydrogens is 359 g/mol. The summed E-state index contributed by atoms with van der Waals surface area (Å²) in [6.45, 7) is 1.32. The van der Waals surface area contributed by atoms with E-state index in [0.29, 0.717) is 30.0 Å². The Balaban J connectivity index is 1.24. The molecule has 0 N–H and O–H groups in total. The number of carbonyl (C=O) groups excluding carboxylic acids is 2. The van der Waals surface area contributed by atoms with E-state index in [2.05, 4.69) is 10.2 Å². The van der Waals surface area contributed by atoms with Crippen molar-refractivity contribution in [1.29, 1.82) is 0 Å². The Morgan fingerprint density at radius 1 is 0.929 bits per heavy atom. The fourth-order valence-corrected chi connectivity index (χ4v) is 4.58. The van der Waals surface area contributed by atoms with E-state index in [0.717, 1.165) is 24.7 Å². The Bertz CT molecular complexity index is 922. The molecule has 1 aromatic carbocycles. The summed E-state index contributed by atoms with van der Waals surface area (Å²) in [6, 6.07) is 10.0. The molecule has 2 unspecified atom stereocenters. The zero-order valence-corrected chi connectivity index (χ0v) is 15.4. The van der Waals surface area contributed by atoms with Crippen LogP contribution < -0.4 is 0 Å². The smallest absolute Gasteiger partial charge is 0.312 e. The molecule has 144 valence electrons. The summed E-state index contributed by atoms with van der Waals surface area (Å²) in [6.07, 6.45) is 3.39. The zero-order chi connectivity index (χ0) is 19.3. The van der Waals surface area contributed by atoms with Gasteiger partial charge in [0.25, 0.3) is 0 Å². The Labute approximate surface area is 162 Å². The molecule has 3 fully saturated rings. The number of rotatable bonds is 4. The number of piperazine rings is 1. The Hall–Kier alpha value is -2.83. The normalized spacial score (nSPS) is 26.5. The molecule has 28 heavy (non-hydrogen) atoms. The van der Waals surface area contributed by atoms with Crippen molar-refractivity contribution in [3.63, 3.8) is 0 Å². The summed E-state index contributed by atoms with van der Waals surface area (Å²) < 4.78 is 13.9. The van der Waals surface area contributed by atoms with Crippen molar-refractivity contribution in [3.05, 3.63) is 47.9 Å². The average Bonchev–Trinajstić information content (AvgIpc) is 3.32. The van der Waals surface area contributed by atoms with E-state index in [-0.39, 0.29) is 18.4 Å². The van der Waals surface area contributed by atoms with Crippen molar-refractivity contribution in [2.75, 3.05) is 13.1 Å². The van der Waals surface area contributed by atoms with Gasteiger partial charge in [-0.2, -0.15) is 10.2 Å². The molecule has 2 aliphatic carbocycles. The molecule has 2 atom stereocenters. The van der Waals surface area contributed by atoms with Crippen molar-refractivity contribution < 1.29 is 14.0 Å². The first-order valence-electron chi connectivity index (χ1n) is 9.77. The van der Waals surface area contributed by atoms with Crippen LogP contribution in [0.2, 0.25) is 0 Å². The lowest BCUT2D eigenvalue weighted by atomic mass is 10.1. The van der Waals surface area contributed by atoms with Gasteiger partial charge in [0.15, 0.2) is 0 Å². The molecular formula is C21H21FN4O2. The highest BCUT2D eigenvalue weighted by Crippen LogP contribution is 2.53. The van der Waals surface area contributed by atoms with Crippen molar-refractivity contribution in [2.45, 2.75) is 31.8 Å². The van der Waals surface area contributed by atoms with Gasteiger partial charge in [-0.15, -0.1) is 0 Å². The van der Waals surface area contributed by atoms with Crippen molar-refractivity contribution in [2.24, 2.45) is 11.8 Å². The summed E-state index contributed by atoms with van der Waals surface area (Å²) in [5.74, 6) is 0.328. The maximum Gasteiger partial charge on any atom is 0.312 e. The van der Waals surface area contributed by atoms with Gasteiger partial charge in [-0.1, -0.05) is 12.1 Å². The quantitative estimate of drug-likeness (QED) is 0.763. The number of hydrogen-bond donors (Lipinski definition) is 0. The van der Waals surface area contributed by atoms with Crippen LogP contribution in [0.4, 0.5) is 4.39 Å². The summed E-state index contributed by atoms with van der Waals surface area (Å²) >= 11 is 0. The number of carbonyl (C=O) groups is 2. The summed E-state index contributed by atoms with van der Waals surface area (Å²) in [5.41, 5.74) is 1.40. The number of hydrogen-bond acceptors (Lipinski definition) is 4. The second-order valence-electron chi connectivity index (χ2n) is 8.00. The van der Waals surface area contributed by atoms with Gasteiger partial charge < -0.3 is 9.80 Å². The molecule has 0 spiro atoms. The molecule has 1 aliphatic heterocycles. The van der Waals surface area contributed by atoms with Gasteiger partial charge in [0.05, 0.1) is 17.9 Å². The zero-order valence-electron chi connectivity index (χ0n) is 15.4. The van der Waals surface area contributed by atoms with Crippen LogP contribution in [0.1, 0.15) is 25.0 Å². The highest BCUT2D eigenvalue weighted by atomic mass is 19.1. The number of benzene rings is 1. The molecule has 2 aromatic rings. The predicted octanol–water partition coefficient (Wildman–Crippen LogP) is 2.25. The summed E-state index contributed by atoms with van der Waals surface area (Å²) in [5, 5.41) is 8.21. The van der Waals surface area contributed by atoms with Crippen LogP contribution in [-0.4, -0.2) is 50.9 Å². The second-order valence-corrected chi connectivity index (χ2v) is 8.00. The maximum atomic E-state index is 13.9. The van der Waals surface area contributed by atoms with Crippen molar-refractivity contribution in [1.82, 2.24) is 20.0 Å². The van der Waals surface area contributed by atoms with Crippen LogP contribution in [0.25, 0.3) is 11.3 Å². The van der Waals surface area contributed by atoms with E-state index in [4.69, 9.17) is 0 Å².